The fraction of sp³-hybridized carbons (Fsp3) is 0.500. The number of carboxylic acids is 1. The monoisotopic (exact) mass is 553 g/mol. The summed E-state index contributed by atoms with van der Waals surface area (Å²) in [7, 11) is 0. The van der Waals surface area contributed by atoms with Gasteiger partial charge in [0.2, 0.25) is 5.91 Å². The Morgan fingerprint density at radius 1 is 1.05 bits per heavy atom. The molecule has 214 valence electrons. The first kappa shape index (κ1) is 28.9. The molecule has 2 aliphatic heterocycles. The third-order valence-electron chi connectivity index (χ3n) is 7.02. The van der Waals surface area contributed by atoms with E-state index in [1.807, 2.05) is 30.3 Å². The van der Waals surface area contributed by atoms with Crippen molar-refractivity contribution in [1.29, 1.82) is 0 Å². The smallest absolute Gasteiger partial charge is 0.409 e. The number of carbonyl (C=O) groups is 4. The van der Waals surface area contributed by atoms with Crippen LogP contribution < -0.4 is 5.32 Å². The van der Waals surface area contributed by atoms with Gasteiger partial charge in [-0.1, -0.05) is 30.3 Å². The van der Waals surface area contributed by atoms with Crippen LogP contribution in [0.5, 0.6) is 0 Å². The van der Waals surface area contributed by atoms with Crippen molar-refractivity contribution in [3.05, 3.63) is 47.8 Å². The number of nitrogens with one attached hydrogen (secondary N) is 1. The van der Waals surface area contributed by atoms with Crippen LogP contribution in [0, 0.1) is 0 Å². The fourth-order valence-corrected chi connectivity index (χ4v) is 4.80. The maximum absolute atomic E-state index is 13.5. The summed E-state index contributed by atoms with van der Waals surface area (Å²) in [6.45, 7) is 4.24. The summed E-state index contributed by atoms with van der Waals surface area (Å²) in [6.07, 6.45) is 0.713. The number of hydrogen-bond donors (Lipinski definition) is 2. The Kier molecular flexibility index (Phi) is 10.0. The highest BCUT2D eigenvalue weighted by molar-refractivity contribution is 5.96. The molecule has 0 bridgehead atoms. The number of piperazine rings is 1. The Labute approximate surface area is 232 Å². The van der Waals surface area contributed by atoms with E-state index in [0.29, 0.717) is 19.0 Å². The lowest BCUT2D eigenvalue weighted by Crippen LogP contribution is -2.56. The van der Waals surface area contributed by atoms with E-state index in [2.05, 4.69) is 10.3 Å². The molecule has 40 heavy (non-hydrogen) atoms. The first-order chi connectivity index (χ1) is 19.4. The third kappa shape index (κ3) is 7.53. The predicted octanol–water partition coefficient (Wildman–Crippen LogP) is 2.30. The highest BCUT2D eigenvalue weighted by Gasteiger charge is 2.31. The number of aromatic nitrogens is 2. The Bertz CT molecular complexity index is 1190. The molecular formula is C28H35N5O7. The van der Waals surface area contributed by atoms with E-state index in [1.165, 1.54) is 9.80 Å². The molecule has 2 N–H and O–H groups in total. The van der Waals surface area contributed by atoms with Gasteiger partial charge in [-0.05, 0) is 32.3 Å². The summed E-state index contributed by atoms with van der Waals surface area (Å²) < 4.78 is 10.5. The number of carbonyl (C=O) groups excluding carboxylic acids is 3. The molecule has 1 aromatic carbocycles. The van der Waals surface area contributed by atoms with Gasteiger partial charge in [0.1, 0.15) is 11.7 Å². The van der Waals surface area contributed by atoms with Crippen LogP contribution in [0.1, 0.15) is 54.7 Å². The van der Waals surface area contributed by atoms with Gasteiger partial charge < -0.3 is 29.7 Å². The molecular weight excluding hydrogens is 518 g/mol. The second kappa shape index (κ2) is 13.8. The number of hydrogen-bond acceptors (Lipinski definition) is 8. The number of carboxylic acid groups (broad SMARTS) is 1. The number of amides is 3. The summed E-state index contributed by atoms with van der Waals surface area (Å²) in [4.78, 5) is 62.6. The molecule has 2 aromatic rings. The zero-order chi connectivity index (χ0) is 28.5. The Balaban J connectivity index is 1.54. The quantitative estimate of drug-likeness (QED) is 0.477. The van der Waals surface area contributed by atoms with Crippen molar-refractivity contribution in [1.82, 2.24) is 25.1 Å². The van der Waals surface area contributed by atoms with Crippen LogP contribution in [0.4, 0.5) is 4.79 Å². The number of ether oxygens (including phenoxy) is 2. The maximum atomic E-state index is 13.5. The van der Waals surface area contributed by atoms with Crippen molar-refractivity contribution in [2.24, 2.45) is 0 Å². The first-order valence-corrected chi connectivity index (χ1v) is 13.6. The van der Waals surface area contributed by atoms with Crippen molar-refractivity contribution in [3.8, 4) is 11.4 Å². The summed E-state index contributed by atoms with van der Waals surface area (Å²) in [6, 6.07) is 9.90. The first-order valence-electron chi connectivity index (χ1n) is 13.6. The van der Waals surface area contributed by atoms with Crippen molar-refractivity contribution >= 4 is 23.9 Å². The molecule has 1 unspecified atom stereocenters. The molecule has 1 aromatic heterocycles. The Hall–Kier alpha value is -4.06. The Morgan fingerprint density at radius 2 is 1.73 bits per heavy atom. The molecule has 2 fully saturated rings. The molecule has 0 saturated carbocycles. The third-order valence-corrected chi connectivity index (χ3v) is 7.02. The van der Waals surface area contributed by atoms with E-state index >= 15 is 0 Å². The van der Waals surface area contributed by atoms with Crippen LogP contribution in [-0.4, -0.2) is 101 Å². The average Bonchev–Trinajstić information content (AvgIpc) is 2.99. The molecule has 1 atom stereocenters. The molecule has 0 spiro atoms. The van der Waals surface area contributed by atoms with Crippen molar-refractivity contribution in [2.45, 2.75) is 44.6 Å². The number of rotatable bonds is 9. The average molecular weight is 554 g/mol. The fourth-order valence-electron chi connectivity index (χ4n) is 4.80. The van der Waals surface area contributed by atoms with Crippen LogP contribution >= 0.6 is 0 Å². The minimum absolute atomic E-state index is 0.0819. The van der Waals surface area contributed by atoms with Crippen LogP contribution in [0.3, 0.4) is 0 Å². The molecule has 12 heteroatoms. The lowest BCUT2D eigenvalue weighted by molar-refractivity contribution is -0.138. The normalized spacial score (nSPS) is 16.7. The zero-order valence-electron chi connectivity index (χ0n) is 22.6. The zero-order valence-corrected chi connectivity index (χ0v) is 22.6. The largest absolute Gasteiger partial charge is 0.481 e. The molecule has 0 radical (unpaired) electrons. The molecule has 2 saturated heterocycles. The second-order valence-corrected chi connectivity index (χ2v) is 9.72. The lowest BCUT2D eigenvalue weighted by atomic mass is 9.95. The van der Waals surface area contributed by atoms with Gasteiger partial charge in [0, 0.05) is 63.0 Å². The molecule has 4 rings (SSSR count). The van der Waals surface area contributed by atoms with Crippen molar-refractivity contribution in [3.63, 3.8) is 0 Å². The number of benzene rings is 1. The van der Waals surface area contributed by atoms with Gasteiger partial charge in [0.05, 0.1) is 6.61 Å². The summed E-state index contributed by atoms with van der Waals surface area (Å²) >= 11 is 0. The predicted molar refractivity (Wildman–Crippen MR) is 144 cm³/mol. The standard InChI is InChI=1S/C28H35N5O7/c1-2-40-28(38)33-14-12-32(13-15-33)27(37)21(8-9-24(34)35)31-26(36)23-18-22(19-10-16-39-17-11-19)29-25(30-23)20-6-4-3-5-7-20/h3-7,18-19,21H,2,8-17H2,1H3,(H,31,36)(H,34,35). The number of aliphatic carboxylic acids is 1. The van der Waals surface area contributed by atoms with Gasteiger partial charge in [0.15, 0.2) is 5.82 Å². The Morgan fingerprint density at radius 3 is 2.38 bits per heavy atom. The van der Waals surface area contributed by atoms with Gasteiger partial charge in [-0.15, -0.1) is 0 Å². The molecule has 12 nitrogen and oxygen atoms in total. The van der Waals surface area contributed by atoms with Crippen LogP contribution in [0.2, 0.25) is 0 Å². The minimum Gasteiger partial charge on any atom is -0.481 e. The summed E-state index contributed by atoms with van der Waals surface area (Å²) in [5, 5.41) is 12.0. The van der Waals surface area contributed by atoms with Crippen LogP contribution in [-0.2, 0) is 19.1 Å². The summed E-state index contributed by atoms with van der Waals surface area (Å²) in [5.41, 5.74) is 1.59. The molecule has 3 amide bonds. The SMILES string of the molecule is CCOC(=O)N1CCN(C(=O)C(CCC(=O)O)NC(=O)c2cc(C3CCOCC3)nc(-c3ccccc3)n2)CC1. The van der Waals surface area contributed by atoms with Crippen LogP contribution in [0.25, 0.3) is 11.4 Å². The highest BCUT2D eigenvalue weighted by atomic mass is 16.6. The van der Waals surface area contributed by atoms with Crippen molar-refractivity contribution in [2.75, 3.05) is 46.0 Å². The maximum Gasteiger partial charge on any atom is 0.409 e. The van der Waals surface area contributed by atoms with Gasteiger partial charge in [-0.25, -0.2) is 14.8 Å². The van der Waals surface area contributed by atoms with Crippen LogP contribution in [0.15, 0.2) is 36.4 Å². The number of nitrogens with zero attached hydrogens (tertiary/aromatic N) is 4. The molecule has 2 aliphatic rings. The van der Waals surface area contributed by atoms with Gasteiger partial charge >= 0.3 is 12.1 Å². The minimum atomic E-state index is -1.07. The van der Waals surface area contributed by atoms with E-state index in [0.717, 1.165) is 24.1 Å². The molecule has 3 heterocycles. The lowest BCUT2D eigenvalue weighted by Gasteiger charge is -2.35. The second-order valence-electron chi connectivity index (χ2n) is 9.72. The van der Waals surface area contributed by atoms with E-state index in [-0.39, 0.29) is 57.2 Å². The molecule has 0 aliphatic carbocycles. The topological polar surface area (TPSA) is 151 Å². The highest BCUT2D eigenvalue weighted by Crippen LogP contribution is 2.28. The van der Waals surface area contributed by atoms with E-state index in [1.54, 1.807) is 13.0 Å². The van der Waals surface area contributed by atoms with E-state index in [4.69, 9.17) is 14.5 Å². The van der Waals surface area contributed by atoms with Crippen molar-refractivity contribution < 1.29 is 33.8 Å². The van der Waals surface area contributed by atoms with E-state index in [9.17, 15) is 24.3 Å². The van der Waals surface area contributed by atoms with Gasteiger partial charge in [-0.3, -0.25) is 14.4 Å². The van der Waals surface area contributed by atoms with Gasteiger partial charge in [-0.2, -0.15) is 0 Å². The van der Waals surface area contributed by atoms with E-state index < -0.39 is 29.9 Å². The van der Waals surface area contributed by atoms with Gasteiger partial charge in [0.25, 0.3) is 5.91 Å². The summed E-state index contributed by atoms with van der Waals surface area (Å²) in [5.74, 6) is -1.56.